The van der Waals surface area contributed by atoms with E-state index in [9.17, 15) is 30.3 Å². The first-order valence-corrected chi connectivity index (χ1v) is 12.8. The molecule has 0 radical (unpaired) electrons. The van der Waals surface area contributed by atoms with Gasteiger partial charge in [-0.3, -0.25) is 4.79 Å². The molecule has 0 aromatic heterocycles. The molecule has 1 saturated heterocycles. The van der Waals surface area contributed by atoms with Gasteiger partial charge in [0.1, 0.15) is 24.4 Å². The normalized spacial score (nSPS) is 54.8. The molecule has 4 aliphatic carbocycles. The standard InChI is InChI=1S/C26H40O8/c1-14-11-25-9-5-16-23(2,17(25)6-10-26(14,32)13-25)7-4-8-24(16,3)22(31)34-21-20(30)19(29)18(28)15(12-27)33-21/h15-21,27-30,32H,1,4-13H2,2-3H3/t15-,16+,17+,18-,19+,20-,21-,23-,24-,25-,26+/m1/s1. The zero-order valence-corrected chi connectivity index (χ0v) is 20.3. The van der Waals surface area contributed by atoms with Gasteiger partial charge in [-0.15, -0.1) is 0 Å². The SMILES string of the molecule is C=C1C[C@@]23CC[C@H]4[C@@](C)(CCC[C@@]4(C)C(=O)O[C@H]4O[C@H](CO)[C@@H](O)[C@H](O)[C@H]4O)[C@@H]2CC[C@]1(O)C3. The largest absolute Gasteiger partial charge is 0.432 e. The van der Waals surface area contributed by atoms with Crippen LogP contribution in [-0.4, -0.2) is 74.4 Å². The number of fused-ring (bicyclic) bond motifs is 3. The zero-order valence-electron chi connectivity index (χ0n) is 20.3. The lowest BCUT2D eigenvalue weighted by atomic mass is 9.41. The van der Waals surface area contributed by atoms with Crippen molar-refractivity contribution in [2.24, 2.45) is 28.1 Å². The first-order valence-electron chi connectivity index (χ1n) is 12.8. The van der Waals surface area contributed by atoms with E-state index in [2.05, 4.69) is 13.5 Å². The van der Waals surface area contributed by atoms with Crippen molar-refractivity contribution in [1.29, 1.82) is 0 Å². The van der Waals surface area contributed by atoms with E-state index in [1.165, 1.54) is 0 Å². The van der Waals surface area contributed by atoms with Gasteiger partial charge >= 0.3 is 5.97 Å². The van der Waals surface area contributed by atoms with Crippen LogP contribution in [0, 0.1) is 28.1 Å². The van der Waals surface area contributed by atoms with Crippen LogP contribution in [0.4, 0.5) is 0 Å². The Bertz CT molecular complexity index is 860. The molecule has 2 bridgehead atoms. The second-order valence-corrected chi connectivity index (χ2v) is 12.4. The molecule has 192 valence electrons. The van der Waals surface area contributed by atoms with Crippen LogP contribution in [0.2, 0.25) is 0 Å². The number of hydrogen-bond acceptors (Lipinski definition) is 8. The smallest absolute Gasteiger partial charge is 0.314 e. The minimum atomic E-state index is -1.60. The molecule has 34 heavy (non-hydrogen) atoms. The highest BCUT2D eigenvalue weighted by molar-refractivity contribution is 5.77. The highest BCUT2D eigenvalue weighted by Gasteiger charge is 2.68. The van der Waals surface area contributed by atoms with Crippen molar-refractivity contribution < 1.29 is 39.8 Å². The summed E-state index contributed by atoms with van der Waals surface area (Å²) >= 11 is 0. The van der Waals surface area contributed by atoms with Gasteiger partial charge in [-0.1, -0.05) is 19.9 Å². The third-order valence-electron chi connectivity index (χ3n) is 10.7. The third kappa shape index (κ3) is 3.29. The maximum absolute atomic E-state index is 13.7. The van der Waals surface area contributed by atoms with Crippen LogP contribution >= 0.6 is 0 Å². The van der Waals surface area contributed by atoms with Gasteiger partial charge in [-0.05, 0) is 86.5 Å². The molecular formula is C26H40O8. The molecule has 1 aliphatic heterocycles. The van der Waals surface area contributed by atoms with Crippen LogP contribution in [0.5, 0.6) is 0 Å². The number of hydrogen-bond donors (Lipinski definition) is 5. The van der Waals surface area contributed by atoms with Crippen molar-refractivity contribution in [3.63, 3.8) is 0 Å². The number of aliphatic hydroxyl groups excluding tert-OH is 4. The zero-order chi connectivity index (χ0) is 24.7. The summed E-state index contributed by atoms with van der Waals surface area (Å²) < 4.78 is 11.1. The van der Waals surface area contributed by atoms with Crippen molar-refractivity contribution in [2.75, 3.05) is 6.61 Å². The molecule has 1 heterocycles. The van der Waals surface area contributed by atoms with Crippen molar-refractivity contribution in [3.05, 3.63) is 12.2 Å². The van der Waals surface area contributed by atoms with Crippen LogP contribution in [0.1, 0.15) is 71.6 Å². The van der Waals surface area contributed by atoms with Crippen LogP contribution < -0.4 is 0 Å². The fourth-order valence-electron chi connectivity index (χ4n) is 9.00. The first-order chi connectivity index (χ1) is 15.9. The second-order valence-electron chi connectivity index (χ2n) is 12.4. The van der Waals surface area contributed by atoms with Crippen LogP contribution in [0.25, 0.3) is 0 Å². The van der Waals surface area contributed by atoms with E-state index in [0.717, 1.165) is 56.9 Å². The summed E-state index contributed by atoms with van der Waals surface area (Å²) in [6.45, 7) is 7.91. The lowest BCUT2D eigenvalue weighted by molar-refractivity contribution is -0.298. The summed E-state index contributed by atoms with van der Waals surface area (Å²) in [4.78, 5) is 13.7. The van der Waals surface area contributed by atoms with Gasteiger partial charge in [-0.2, -0.15) is 0 Å². The van der Waals surface area contributed by atoms with E-state index in [-0.39, 0.29) is 16.7 Å². The van der Waals surface area contributed by atoms with E-state index in [1.807, 2.05) is 6.92 Å². The molecule has 11 atom stereocenters. The average molecular weight is 481 g/mol. The maximum Gasteiger partial charge on any atom is 0.314 e. The highest BCUT2D eigenvalue weighted by atomic mass is 16.7. The third-order valence-corrected chi connectivity index (χ3v) is 10.7. The number of ether oxygens (including phenoxy) is 2. The Morgan fingerprint density at radius 2 is 1.76 bits per heavy atom. The highest BCUT2D eigenvalue weighted by Crippen LogP contribution is 2.73. The number of aliphatic hydroxyl groups is 5. The van der Waals surface area contributed by atoms with Gasteiger partial charge < -0.3 is 35.0 Å². The maximum atomic E-state index is 13.7. The molecule has 4 saturated carbocycles. The van der Waals surface area contributed by atoms with Gasteiger partial charge in [0.05, 0.1) is 17.6 Å². The second kappa shape index (κ2) is 7.98. The van der Waals surface area contributed by atoms with E-state index in [0.29, 0.717) is 12.3 Å². The molecule has 5 aliphatic rings. The molecule has 5 fully saturated rings. The molecule has 8 heteroatoms. The minimum Gasteiger partial charge on any atom is -0.432 e. The molecule has 5 N–H and O–H groups in total. The Balaban J connectivity index is 1.39. The Morgan fingerprint density at radius 1 is 1.06 bits per heavy atom. The summed E-state index contributed by atoms with van der Waals surface area (Å²) in [5.74, 6) is 0.0200. The topological polar surface area (TPSA) is 137 Å². The summed E-state index contributed by atoms with van der Waals surface area (Å²) in [6.07, 6.45) is 0.422. The van der Waals surface area contributed by atoms with E-state index >= 15 is 0 Å². The quantitative estimate of drug-likeness (QED) is 0.302. The van der Waals surface area contributed by atoms with E-state index < -0.39 is 54.3 Å². The Hall–Kier alpha value is -1.03. The molecule has 0 aromatic carbocycles. The van der Waals surface area contributed by atoms with Crippen LogP contribution in [0.15, 0.2) is 12.2 Å². The molecule has 0 amide bonds. The Labute approximate surface area is 201 Å². The number of esters is 1. The monoisotopic (exact) mass is 480 g/mol. The molecule has 0 aromatic rings. The van der Waals surface area contributed by atoms with Gasteiger partial charge in [-0.25, -0.2) is 0 Å². The fourth-order valence-corrected chi connectivity index (χ4v) is 9.00. The van der Waals surface area contributed by atoms with Crippen molar-refractivity contribution >= 4 is 5.97 Å². The lowest BCUT2D eigenvalue weighted by Crippen LogP contribution is -2.62. The van der Waals surface area contributed by atoms with Crippen molar-refractivity contribution in [1.82, 2.24) is 0 Å². The molecule has 0 unspecified atom stereocenters. The number of carbonyl (C=O) groups excluding carboxylic acids is 1. The molecular weight excluding hydrogens is 440 g/mol. The number of carbonyl (C=O) groups is 1. The summed E-state index contributed by atoms with van der Waals surface area (Å²) in [6, 6.07) is 0. The van der Waals surface area contributed by atoms with Gasteiger partial charge in [0.2, 0.25) is 6.29 Å². The lowest BCUT2D eigenvalue weighted by Gasteiger charge is -2.63. The van der Waals surface area contributed by atoms with Crippen molar-refractivity contribution in [2.45, 2.75) is 108 Å². The molecule has 5 rings (SSSR count). The predicted octanol–water partition coefficient (Wildman–Crippen LogP) is 1.41. The first kappa shape index (κ1) is 24.7. The molecule has 1 spiro atoms. The minimum absolute atomic E-state index is 0.0504. The van der Waals surface area contributed by atoms with Crippen molar-refractivity contribution in [3.8, 4) is 0 Å². The van der Waals surface area contributed by atoms with E-state index in [4.69, 9.17) is 9.47 Å². The molecule has 8 nitrogen and oxygen atoms in total. The van der Waals surface area contributed by atoms with Gasteiger partial charge in [0.15, 0.2) is 0 Å². The van der Waals surface area contributed by atoms with Crippen LogP contribution in [-0.2, 0) is 14.3 Å². The summed E-state index contributed by atoms with van der Waals surface area (Å²) in [7, 11) is 0. The number of rotatable bonds is 3. The Kier molecular flexibility index (Phi) is 5.79. The summed E-state index contributed by atoms with van der Waals surface area (Å²) in [5.41, 5.74) is -0.575. The Morgan fingerprint density at radius 3 is 2.47 bits per heavy atom. The van der Waals surface area contributed by atoms with E-state index in [1.54, 1.807) is 0 Å². The predicted molar refractivity (Wildman–Crippen MR) is 121 cm³/mol. The van der Waals surface area contributed by atoms with Crippen LogP contribution in [0.3, 0.4) is 0 Å². The average Bonchev–Trinajstić information content (AvgIpc) is 2.96. The van der Waals surface area contributed by atoms with Gasteiger partial charge in [0.25, 0.3) is 0 Å². The van der Waals surface area contributed by atoms with Gasteiger partial charge in [0, 0.05) is 0 Å². The summed E-state index contributed by atoms with van der Waals surface area (Å²) in [5, 5.41) is 51.1. The fraction of sp³-hybridized carbons (Fsp3) is 0.885.